The Labute approximate surface area is 124 Å². The Morgan fingerprint density at radius 3 is 2.29 bits per heavy atom. The van der Waals surface area contributed by atoms with Crippen LogP contribution in [0.3, 0.4) is 0 Å². The van der Waals surface area contributed by atoms with Gasteiger partial charge in [-0.25, -0.2) is 13.4 Å². The summed E-state index contributed by atoms with van der Waals surface area (Å²) in [5.74, 6) is 0.457. The molecule has 1 aromatic heterocycles. The molecular weight excluding hydrogens is 290 g/mol. The van der Waals surface area contributed by atoms with E-state index in [-0.39, 0.29) is 4.90 Å². The lowest BCUT2D eigenvalue weighted by Gasteiger charge is -2.09. The van der Waals surface area contributed by atoms with Gasteiger partial charge in [-0.15, -0.1) is 0 Å². The molecule has 112 valence electrons. The number of pyridine rings is 1. The fourth-order valence-corrected chi connectivity index (χ4v) is 2.73. The minimum absolute atomic E-state index is 0.190. The van der Waals surface area contributed by atoms with Crippen LogP contribution in [0.2, 0.25) is 0 Å². The summed E-state index contributed by atoms with van der Waals surface area (Å²) < 4.78 is 32.1. The van der Waals surface area contributed by atoms with Crippen molar-refractivity contribution < 1.29 is 13.2 Å². The van der Waals surface area contributed by atoms with E-state index < -0.39 is 10.0 Å². The minimum Gasteiger partial charge on any atom is -0.478 e. The van der Waals surface area contributed by atoms with Crippen LogP contribution in [-0.2, 0) is 10.0 Å². The van der Waals surface area contributed by atoms with E-state index in [1.165, 1.54) is 18.3 Å². The predicted octanol–water partition coefficient (Wildman–Crippen LogP) is 2.32. The lowest BCUT2D eigenvalue weighted by Crippen LogP contribution is -2.13. The van der Waals surface area contributed by atoms with E-state index in [0.29, 0.717) is 18.2 Å². The summed E-state index contributed by atoms with van der Waals surface area (Å²) in [6.45, 7) is 2.36. The van der Waals surface area contributed by atoms with Crippen LogP contribution in [0, 0.1) is 0 Å². The zero-order chi connectivity index (χ0) is 15.3. The molecule has 0 radical (unpaired) electrons. The highest BCUT2D eigenvalue weighted by atomic mass is 32.2. The van der Waals surface area contributed by atoms with E-state index in [0.717, 1.165) is 5.69 Å². The number of nitrogens with zero attached hydrogens (tertiary/aromatic N) is 1. The van der Waals surface area contributed by atoms with Crippen LogP contribution in [0.1, 0.15) is 6.92 Å². The average Bonchev–Trinajstić information content (AvgIpc) is 2.49. The highest BCUT2D eigenvalue weighted by Gasteiger charge is 2.14. The van der Waals surface area contributed by atoms with E-state index in [9.17, 15) is 8.42 Å². The molecule has 0 atom stereocenters. The van der Waals surface area contributed by atoms with Gasteiger partial charge in [0.1, 0.15) is 0 Å². The number of nitrogens with one attached hydrogen (secondary N) is 2. The number of sulfonamides is 1. The SMILES string of the molecule is CCOc1ccc(NS(=O)(=O)c2ccc(NC)cc2)cn1. The summed E-state index contributed by atoms with van der Waals surface area (Å²) >= 11 is 0. The number of hydrogen-bond donors (Lipinski definition) is 2. The molecule has 1 aromatic carbocycles. The number of aromatic nitrogens is 1. The fourth-order valence-electron chi connectivity index (χ4n) is 1.69. The molecule has 1 heterocycles. The highest BCUT2D eigenvalue weighted by molar-refractivity contribution is 7.92. The second-order valence-corrected chi connectivity index (χ2v) is 5.88. The van der Waals surface area contributed by atoms with Gasteiger partial charge in [0.2, 0.25) is 5.88 Å². The largest absolute Gasteiger partial charge is 0.478 e. The van der Waals surface area contributed by atoms with Crippen LogP contribution < -0.4 is 14.8 Å². The summed E-state index contributed by atoms with van der Waals surface area (Å²) in [5, 5.41) is 2.93. The van der Waals surface area contributed by atoms with E-state index >= 15 is 0 Å². The van der Waals surface area contributed by atoms with Crippen LogP contribution in [0.5, 0.6) is 5.88 Å². The standard InChI is InChI=1S/C14H17N3O3S/c1-3-20-14-9-6-12(10-16-14)17-21(18,19)13-7-4-11(15-2)5-8-13/h4-10,15,17H,3H2,1-2H3. The third-order valence-electron chi connectivity index (χ3n) is 2.73. The van der Waals surface area contributed by atoms with Crippen LogP contribution in [-0.4, -0.2) is 27.1 Å². The topological polar surface area (TPSA) is 80.3 Å². The van der Waals surface area contributed by atoms with Crippen molar-refractivity contribution >= 4 is 21.4 Å². The first kappa shape index (κ1) is 15.1. The van der Waals surface area contributed by atoms with Crippen LogP contribution >= 0.6 is 0 Å². The molecule has 0 saturated heterocycles. The van der Waals surface area contributed by atoms with Gasteiger partial charge in [0.25, 0.3) is 10.0 Å². The summed E-state index contributed by atoms with van der Waals surface area (Å²) in [4.78, 5) is 4.20. The Kier molecular flexibility index (Phi) is 4.64. The molecule has 2 rings (SSSR count). The number of rotatable bonds is 6. The third-order valence-corrected chi connectivity index (χ3v) is 4.13. The van der Waals surface area contributed by atoms with Gasteiger partial charge in [-0.3, -0.25) is 4.72 Å². The molecule has 2 N–H and O–H groups in total. The van der Waals surface area contributed by atoms with Crippen molar-refractivity contribution in [2.24, 2.45) is 0 Å². The van der Waals surface area contributed by atoms with Crippen molar-refractivity contribution in [3.8, 4) is 5.88 Å². The summed E-state index contributed by atoms with van der Waals surface area (Å²) in [6, 6.07) is 9.70. The lowest BCUT2D eigenvalue weighted by atomic mass is 10.3. The molecule has 6 nitrogen and oxygen atoms in total. The summed E-state index contributed by atoms with van der Waals surface area (Å²) in [7, 11) is -1.85. The first-order valence-corrected chi connectivity index (χ1v) is 7.93. The van der Waals surface area contributed by atoms with Gasteiger partial charge in [-0.2, -0.15) is 0 Å². The predicted molar refractivity (Wildman–Crippen MR) is 82.2 cm³/mol. The molecule has 0 aliphatic heterocycles. The van der Waals surface area contributed by atoms with E-state index in [1.54, 1.807) is 31.3 Å². The van der Waals surface area contributed by atoms with E-state index in [4.69, 9.17) is 4.74 Å². The second-order valence-electron chi connectivity index (χ2n) is 4.20. The van der Waals surface area contributed by atoms with Crippen LogP contribution in [0.4, 0.5) is 11.4 Å². The second kappa shape index (κ2) is 6.45. The smallest absolute Gasteiger partial charge is 0.261 e. The molecule has 0 bridgehead atoms. The zero-order valence-corrected chi connectivity index (χ0v) is 12.6. The number of ether oxygens (including phenoxy) is 1. The third kappa shape index (κ3) is 3.85. The Morgan fingerprint density at radius 1 is 1.10 bits per heavy atom. The van der Waals surface area contributed by atoms with Crippen molar-refractivity contribution in [2.45, 2.75) is 11.8 Å². The summed E-state index contributed by atoms with van der Waals surface area (Å²) in [6.07, 6.45) is 1.42. The van der Waals surface area contributed by atoms with Crippen LogP contribution in [0.15, 0.2) is 47.5 Å². The molecule has 0 aliphatic carbocycles. The quantitative estimate of drug-likeness (QED) is 0.856. The Bertz CT molecular complexity index is 682. The molecule has 0 spiro atoms. The van der Waals surface area contributed by atoms with E-state index in [1.807, 2.05) is 6.92 Å². The van der Waals surface area contributed by atoms with Gasteiger partial charge in [0.05, 0.1) is 23.4 Å². The van der Waals surface area contributed by atoms with Crippen molar-refractivity contribution in [1.29, 1.82) is 0 Å². The van der Waals surface area contributed by atoms with Gasteiger partial charge < -0.3 is 10.1 Å². The number of hydrogen-bond acceptors (Lipinski definition) is 5. The average molecular weight is 307 g/mol. The van der Waals surface area contributed by atoms with Crippen molar-refractivity contribution in [1.82, 2.24) is 4.98 Å². The van der Waals surface area contributed by atoms with Gasteiger partial charge >= 0.3 is 0 Å². The molecule has 0 saturated carbocycles. The molecule has 7 heteroatoms. The number of benzene rings is 1. The Morgan fingerprint density at radius 2 is 1.76 bits per heavy atom. The maximum Gasteiger partial charge on any atom is 0.261 e. The fraction of sp³-hybridized carbons (Fsp3) is 0.214. The van der Waals surface area contributed by atoms with Gasteiger partial charge in [-0.1, -0.05) is 0 Å². The molecule has 0 unspecified atom stereocenters. The van der Waals surface area contributed by atoms with Gasteiger partial charge in [0, 0.05) is 18.8 Å². The molecule has 0 fully saturated rings. The molecule has 0 aliphatic rings. The van der Waals surface area contributed by atoms with Gasteiger partial charge in [0.15, 0.2) is 0 Å². The van der Waals surface area contributed by atoms with Crippen molar-refractivity contribution in [3.05, 3.63) is 42.6 Å². The Balaban J connectivity index is 2.16. The monoisotopic (exact) mass is 307 g/mol. The van der Waals surface area contributed by atoms with Crippen molar-refractivity contribution in [2.75, 3.05) is 23.7 Å². The molecular formula is C14H17N3O3S. The first-order chi connectivity index (χ1) is 10.0. The highest BCUT2D eigenvalue weighted by Crippen LogP contribution is 2.18. The molecule has 0 amide bonds. The summed E-state index contributed by atoms with van der Waals surface area (Å²) in [5.41, 5.74) is 1.23. The number of anilines is 2. The van der Waals surface area contributed by atoms with Gasteiger partial charge in [-0.05, 0) is 37.3 Å². The minimum atomic E-state index is -3.62. The van der Waals surface area contributed by atoms with E-state index in [2.05, 4.69) is 15.0 Å². The molecule has 21 heavy (non-hydrogen) atoms. The first-order valence-electron chi connectivity index (χ1n) is 6.44. The zero-order valence-electron chi connectivity index (χ0n) is 11.8. The Hall–Kier alpha value is -2.28. The molecule has 2 aromatic rings. The normalized spacial score (nSPS) is 11.0. The maximum atomic E-state index is 12.2. The van der Waals surface area contributed by atoms with Crippen LogP contribution in [0.25, 0.3) is 0 Å². The maximum absolute atomic E-state index is 12.2. The van der Waals surface area contributed by atoms with Crippen molar-refractivity contribution in [3.63, 3.8) is 0 Å². The lowest BCUT2D eigenvalue weighted by molar-refractivity contribution is 0.327.